The number of fused-ring (bicyclic) bond motifs is 5. The van der Waals surface area contributed by atoms with Crippen molar-refractivity contribution in [2.45, 2.75) is 37.5 Å². The standard InChI is InChI=1S/C16H17NO/c17-13-4-2-11-6-14(18)9-16(15(11)7-13)8-10-1-3-12(16)5-10/h1-2,4,7,12H,3,5-6,8-9,17H2. The Hall–Kier alpha value is -1.57. The van der Waals surface area contributed by atoms with Crippen LogP contribution in [-0.4, -0.2) is 5.78 Å². The second kappa shape index (κ2) is 3.25. The highest BCUT2D eigenvalue weighted by Gasteiger charge is 2.51. The normalized spacial score (nSPS) is 32.8. The largest absolute Gasteiger partial charge is 0.399 e. The number of ketones is 1. The summed E-state index contributed by atoms with van der Waals surface area (Å²) in [6.07, 6.45) is 7.13. The molecule has 0 heterocycles. The number of carbonyl (C=O) groups excluding carboxylic acids is 1. The molecule has 2 bridgehead atoms. The topological polar surface area (TPSA) is 43.1 Å². The number of nitrogens with two attached hydrogens (primary N) is 1. The molecule has 4 rings (SSSR count). The van der Waals surface area contributed by atoms with Gasteiger partial charge in [0.05, 0.1) is 0 Å². The Kier molecular flexibility index (Phi) is 1.87. The summed E-state index contributed by atoms with van der Waals surface area (Å²) in [5, 5.41) is 0. The fraction of sp³-hybridized carbons (Fsp3) is 0.438. The van der Waals surface area contributed by atoms with E-state index >= 15 is 0 Å². The van der Waals surface area contributed by atoms with Crippen LogP contribution in [-0.2, 0) is 16.6 Å². The molecule has 0 aliphatic heterocycles. The monoisotopic (exact) mass is 239 g/mol. The first-order valence-corrected chi connectivity index (χ1v) is 6.76. The van der Waals surface area contributed by atoms with Crippen molar-refractivity contribution in [2.24, 2.45) is 5.92 Å². The molecular formula is C16H17NO. The van der Waals surface area contributed by atoms with Gasteiger partial charge in [0.15, 0.2) is 0 Å². The Labute approximate surface area is 107 Å². The molecule has 2 unspecified atom stereocenters. The van der Waals surface area contributed by atoms with Gasteiger partial charge >= 0.3 is 0 Å². The van der Waals surface area contributed by atoms with E-state index in [1.807, 2.05) is 6.07 Å². The van der Waals surface area contributed by atoms with E-state index in [4.69, 9.17) is 5.73 Å². The van der Waals surface area contributed by atoms with Gasteiger partial charge in [-0.1, -0.05) is 17.7 Å². The summed E-state index contributed by atoms with van der Waals surface area (Å²) in [5.41, 5.74) is 11.0. The van der Waals surface area contributed by atoms with E-state index in [-0.39, 0.29) is 5.41 Å². The fourth-order valence-corrected chi connectivity index (χ4v) is 4.36. The van der Waals surface area contributed by atoms with E-state index in [0.717, 1.165) is 24.9 Å². The lowest BCUT2D eigenvalue weighted by atomic mass is 9.62. The molecule has 1 aromatic rings. The first-order valence-electron chi connectivity index (χ1n) is 6.76. The Morgan fingerprint density at radius 3 is 2.89 bits per heavy atom. The first kappa shape index (κ1) is 10.4. The van der Waals surface area contributed by atoms with Gasteiger partial charge in [-0.15, -0.1) is 0 Å². The van der Waals surface area contributed by atoms with Crippen molar-refractivity contribution in [3.8, 4) is 0 Å². The lowest BCUT2D eigenvalue weighted by Crippen LogP contribution is -2.39. The second-order valence-electron chi connectivity index (χ2n) is 6.14. The van der Waals surface area contributed by atoms with E-state index < -0.39 is 0 Å². The van der Waals surface area contributed by atoms with Crippen LogP contribution in [0.3, 0.4) is 0 Å². The molecule has 1 fully saturated rings. The number of allylic oxidation sites excluding steroid dienone is 2. The van der Waals surface area contributed by atoms with Gasteiger partial charge in [-0.05, 0) is 48.4 Å². The van der Waals surface area contributed by atoms with Crippen LogP contribution in [0.15, 0.2) is 29.8 Å². The maximum atomic E-state index is 12.1. The van der Waals surface area contributed by atoms with E-state index in [9.17, 15) is 4.79 Å². The molecule has 2 atom stereocenters. The van der Waals surface area contributed by atoms with Crippen LogP contribution in [0.5, 0.6) is 0 Å². The van der Waals surface area contributed by atoms with Crippen LogP contribution < -0.4 is 5.73 Å². The van der Waals surface area contributed by atoms with Gasteiger partial charge in [0.2, 0.25) is 0 Å². The van der Waals surface area contributed by atoms with Crippen LogP contribution >= 0.6 is 0 Å². The van der Waals surface area contributed by atoms with E-state index in [1.54, 1.807) is 5.57 Å². The van der Waals surface area contributed by atoms with E-state index in [0.29, 0.717) is 18.1 Å². The maximum Gasteiger partial charge on any atom is 0.138 e. The zero-order valence-corrected chi connectivity index (χ0v) is 10.4. The van der Waals surface area contributed by atoms with Gasteiger partial charge < -0.3 is 5.73 Å². The van der Waals surface area contributed by atoms with Gasteiger partial charge in [-0.3, -0.25) is 4.79 Å². The third kappa shape index (κ3) is 1.21. The number of rotatable bonds is 0. The number of hydrogen-bond acceptors (Lipinski definition) is 2. The highest BCUT2D eigenvalue weighted by atomic mass is 16.1. The van der Waals surface area contributed by atoms with Gasteiger partial charge in [0.25, 0.3) is 0 Å². The zero-order chi connectivity index (χ0) is 12.3. The Balaban J connectivity index is 1.93. The minimum Gasteiger partial charge on any atom is -0.399 e. The van der Waals surface area contributed by atoms with Crippen LogP contribution in [0.1, 0.15) is 36.8 Å². The highest BCUT2D eigenvalue weighted by molar-refractivity contribution is 5.86. The molecule has 3 aliphatic carbocycles. The minimum atomic E-state index is 0.0874. The number of hydrogen-bond donors (Lipinski definition) is 1. The van der Waals surface area contributed by atoms with Crippen LogP contribution in [0.2, 0.25) is 0 Å². The van der Waals surface area contributed by atoms with Crippen molar-refractivity contribution in [1.82, 2.24) is 0 Å². The Morgan fingerprint density at radius 1 is 1.28 bits per heavy atom. The predicted molar refractivity (Wildman–Crippen MR) is 71.3 cm³/mol. The average molecular weight is 239 g/mol. The zero-order valence-electron chi connectivity index (χ0n) is 10.4. The summed E-state index contributed by atoms with van der Waals surface area (Å²) >= 11 is 0. The number of Topliss-reactive ketones (excluding diaryl/α,β-unsaturated/α-hetero) is 1. The molecule has 0 saturated heterocycles. The van der Waals surface area contributed by atoms with Crippen molar-refractivity contribution >= 4 is 11.5 Å². The third-order valence-corrected chi connectivity index (χ3v) is 5.09. The van der Waals surface area contributed by atoms with Crippen molar-refractivity contribution in [3.63, 3.8) is 0 Å². The summed E-state index contributed by atoms with van der Waals surface area (Å²) < 4.78 is 0. The second-order valence-corrected chi connectivity index (χ2v) is 6.14. The van der Waals surface area contributed by atoms with E-state index in [2.05, 4.69) is 18.2 Å². The molecule has 1 aromatic carbocycles. The Bertz CT molecular complexity index is 587. The number of anilines is 1. The molecule has 2 N–H and O–H groups in total. The molecule has 1 saturated carbocycles. The quantitative estimate of drug-likeness (QED) is 0.559. The summed E-state index contributed by atoms with van der Waals surface area (Å²) in [6, 6.07) is 6.12. The smallest absolute Gasteiger partial charge is 0.138 e. The van der Waals surface area contributed by atoms with Crippen molar-refractivity contribution in [1.29, 1.82) is 0 Å². The van der Waals surface area contributed by atoms with Crippen LogP contribution in [0.25, 0.3) is 0 Å². The van der Waals surface area contributed by atoms with E-state index in [1.165, 1.54) is 17.5 Å². The van der Waals surface area contributed by atoms with Crippen LogP contribution in [0.4, 0.5) is 5.69 Å². The Morgan fingerprint density at radius 2 is 2.17 bits per heavy atom. The maximum absolute atomic E-state index is 12.1. The predicted octanol–water partition coefficient (Wildman–Crippen LogP) is 2.76. The molecule has 2 nitrogen and oxygen atoms in total. The highest BCUT2D eigenvalue weighted by Crippen LogP contribution is 2.58. The molecule has 1 spiro atoms. The molecule has 2 heteroatoms. The number of benzene rings is 1. The summed E-state index contributed by atoms with van der Waals surface area (Å²) in [4.78, 5) is 12.1. The number of carbonyl (C=O) groups is 1. The molecule has 0 amide bonds. The van der Waals surface area contributed by atoms with Crippen molar-refractivity contribution in [2.75, 3.05) is 5.73 Å². The molecule has 0 aromatic heterocycles. The molecule has 92 valence electrons. The summed E-state index contributed by atoms with van der Waals surface area (Å²) in [6.45, 7) is 0. The van der Waals surface area contributed by atoms with Crippen LogP contribution in [0, 0.1) is 5.92 Å². The molecule has 0 radical (unpaired) electrons. The van der Waals surface area contributed by atoms with Gasteiger partial charge in [-0.25, -0.2) is 0 Å². The lowest BCUT2D eigenvalue weighted by Gasteiger charge is -2.40. The van der Waals surface area contributed by atoms with Crippen molar-refractivity contribution in [3.05, 3.63) is 41.0 Å². The molecular weight excluding hydrogens is 222 g/mol. The summed E-state index contributed by atoms with van der Waals surface area (Å²) in [5.74, 6) is 1.04. The third-order valence-electron chi connectivity index (χ3n) is 5.09. The average Bonchev–Trinajstić information content (AvgIpc) is 2.91. The van der Waals surface area contributed by atoms with Gasteiger partial charge in [-0.2, -0.15) is 0 Å². The first-order chi connectivity index (χ1) is 8.67. The molecule has 3 aliphatic rings. The van der Waals surface area contributed by atoms with Gasteiger partial charge in [0, 0.05) is 23.9 Å². The lowest BCUT2D eigenvalue weighted by molar-refractivity contribution is -0.120. The molecule has 18 heavy (non-hydrogen) atoms. The summed E-state index contributed by atoms with van der Waals surface area (Å²) in [7, 11) is 0. The minimum absolute atomic E-state index is 0.0874. The van der Waals surface area contributed by atoms with Crippen molar-refractivity contribution < 1.29 is 4.79 Å². The number of nitrogen functional groups attached to an aromatic ring is 1. The van der Waals surface area contributed by atoms with Gasteiger partial charge in [0.1, 0.15) is 5.78 Å². The fourth-order valence-electron chi connectivity index (χ4n) is 4.36. The SMILES string of the molecule is Nc1ccc2c(c1)C1(CC(=O)C2)CC2=CCC1C2.